The van der Waals surface area contributed by atoms with Crippen molar-refractivity contribution >= 4 is 31.2 Å². The molecule has 0 bridgehead atoms. The minimum absolute atomic E-state index is 0. The van der Waals surface area contributed by atoms with Crippen LogP contribution in [0.5, 0.6) is 11.5 Å². The van der Waals surface area contributed by atoms with Gasteiger partial charge >= 0.3 is 0 Å². The number of hydrogen-bond acceptors (Lipinski definition) is 5. The number of ether oxygens (including phenoxy) is 1. The van der Waals surface area contributed by atoms with Gasteiger partial charge in [-0.1, -0.05) is 30.7 Å². The summed E-state index contributed by atoms with van der Waals surface area (Å²) in [6, 6.07) is 15.7. The average molecular weight is 438 g/mol. The summed E-state index contributed by atoms with van der Waals surface area (Å²) in [4.78, 5) is 7.08. The van der Waals surface area contributed by atoms with E-state index in [1.165, 1.54) is 32.4 Å². The highest BCUT2D eigenvalue weighted by Gasteiger charge is 2.27. The molecule has 2 N–H and O–H groups in total. The molecule has 0 amide bonds. The van der Waals surface area contributed by atoms with Gasteiger partial charge in [0.25, 0.3) is 0 Å². The lowest BCUT2D eigenvalue weighted by Gasteiger charge is -2.26. The number of rotatable bonds is 6. The number of hydrogen-bond donors (Lipinski definition) is 2. The van der Waals surface area contributed by atoms with E-state index in [1.807, 2.05) is 24.3 Å². The molecule has 0 saturated carbocycles. The van der Waals surface area contributed by atoms with Crippen molar-refractivity contribution in [3.8, 4) is 11.5 Å². The molecule has 2 aromatic rings. The summed E-state index contributed by atoms with van der Waals surface area (Å²) < 4.78 is 5.93. The first-order chi connectivity index (χ1) is 13.3. The van der Waals surface area contributed by atoms with Crippen molar-refractivity contribution in [2.45, 2.75) is 31.3 Å². The summed E-state index contributed by atoms with van der Waals surface area (Å²) in [6.07, 6.45) is 5.76. The van der Waals surface area contributed by atoms with Crippen LogP contribution in [0.4, 0.5) is 0 Å². The Kier molecular flexibility index (Phi) is 9.08. The molecule has 0 aliphatic carbocycles. The van der Waals surface area contributed by atoms with Crippen LogP contribution in [0.2, 0.25) is 0 Å². The Hall–Kier alpha value is -1.95. The van der Waals surface area contributed by atoms with Crippen LogP contribution in [0, 0.1) is 0 Å². The van der Waals surface area contributed by atoms with Crippen molar-refractivity contribution in [1.82, 2.24) is 10.2 Å². The smallest absolute Gasteiger partial charge is 0.119 e. The van der Waals surface area contributed by atoms with Gasteiger partial charge in [0.2, 0.25) is 0 Å². The molecule has 2 aliphatic heterocycles. The minimum atomic E-state index is 0. The third-order valence-corrected chi connectivity index (χ3v) is 5.40. The molecule has 0 aromatic heterocycles. The summed E-state index contributed by atoms with van der Waals surface area (Å²) in [5, 5.41) is 12.8. The van der Waals surface area contributed by atoms with E-state index in [1.54, 1.807) is 18.5 Å². The molecule has 1 saturated heterocycles. The molecule has 2 aliphatic rings. The van der Waals surface area contributed by atoms with Gasteiger partial charge in [0.15, 0.2) is 0 Å². The Morgan fingerprint density at radius 3 is 2.28 bits per heavy atom. The van der Waals surface area contributed by atoms with Gasteiger partial charge in [0, 0.05) is 6.54 Å². The molecule has 158 valence electrons. The lowest BCUT2D eigenvalue weighted by molar-refractivity contribution is 0.183. The van der Waals surface area contributed by atoms with Gasteiger partial charge in [0.05, 0.1) is 12.4 Å². The van der Waals surface area contributed by atoms with Gasteiger partial charge in [-0.05, 0) is 61.3 Å². The maximum atomic E-state index is 9.50. The van der Waals surface area contributed by atoms with E-state index < -0.39 is 0 Å². The fourth-order valence-electron chi connectivity index (χ4n) is 3.86. The SMILES string of the molecule is Cl.Cl.Oc1ccc([C@@H]2NC=N[C@@H]2c2ccc(OCCN3CCCCC3)cc2)cc1. The maximum Gasteiger partial charge on any atom is 0.119 e. The van der Waals surface area contributed by atoms with E-state index in [0.717, 1.165) is 30.0 Å². The van der Waals surface area contributed by atoms with Crippen LogP contribution in [-0.2, 0) is 0 Å². The number of aromatic hydroxyl groups is 1. The van der Waals surface area contributed by atoms with Crippen LogP contribution < -0.4 is 10.1 Å². The normalized spacial score (nSPS) is 21.0. The molecule has 1 fully saturated rings. The Morgan fingerprint density at radius 1 is 0.931 bits per heavy atom. The number of phenols is 1. The second-order valence-electron chi connectivity index (χ2n) is 7.28. The number of nitrogens with one attached hydrogen (secondary N) is 1. The van der Waals surface area contributed by atoms with Crippen LogP contribution in [0.3, 0.4) is 0 Å². The lowest BCUT2D eigenvalue weighted by atomic mass is 9.95. The third-order valence-electron chi connectivity index (χ3n) is 5.40. The summed E-state index contributed by atoms with van der Waals surface area (Å²) in [7, 11) is 0. The first-order valence-corrected chi connectivity index (χ1v) is 9.81. The molecule has 0 radical (unpaired) electrons. The lowest BCUT2D eigenvalue weighted by Crippen LogP contribution is -2.33. The topological polar surface area (TPSA) is 57.1 Å². The molecule has 4 rings (SSSR count). The Labute approximate surface area is 185 Å². The minimum Gasteiger partial charge on any atom is -0.508 e. The van der Waals surface area contributed by atoms with E-state index in [0.29, 0.717) is 0 Å². The van der Waals surface area contributed by atoms with E-state index in [9.17, 15) is 5.11 Å². The number of halogens is 2. The zero-order valence-corrected chi connectivity index (χ0v) is 18.0. The zero-order chi connectivity index (χ0) is 18.5. The third kappa shape index (κ3) is 6.01. The summed E-state index contributed by atoms with van der Waals surface area (Å²) in [6.45, 7) is 4.14. The van der Waals surface area contributed by atoms with Gasteiger partial charge in [-0.25, -0.2) is 0 Å². The van der Waals surface area contributed by atoms with Crippen LogP contribution >= 0.6 is 24.8 Å². The van der Waals surface area contributed by atoms with Crippen molar-refractivity contribution in [2.24, 2.45) is 4.99 Å². The Balaban J connectivity index is 0.00000150. The number of likely N-dealkylation sites (tertiary alicyclic amines) is 1. The average Bonchev–Trinajstić information content (AvgIpc) is 3.20. The first-order valence-electron chi connectivity index (χ1n) is 9.81. The van der Waals surface area contributed by atoms with Gasteiger partial charge in [-0.3, -0.25) is 9.89 Å². The van der Waals surface area contributed by atoms with Crippen molar-refractivity contribution in [3.63, 3.8) is 0 Å². The van der Waals surface area contributed by atoms with E-state index in [4.69, 9.17) is 4.74 Å². The van der Waals surface area contributed by atoms with Gasteiger partial charge < -0.3 is 15.2 Å². The predicted octanol–water partition coefficient (Wildman–Crippen LogP) is 4.51. The zero-order valence-electron chi connectivity index (χ0n) is 16.4. The highest BCUT2D eigenvalue weighted by atomic mass is 35.5. The quantitative estimate of drug-likeness (QED) is 0.697. The molecule has 2 aromatic carbocycles. The van der Waals surface area contributed by atoms with Crippen molar-refractivity contribution in [2.75, 3.05) is 26.2 Å². The fraction of sp³-hybridized carbons (Fsp3) is 0.409. The second-order valence-corrected chi connectivity index (χ2v) is 7.28. The van der Waals surface area contributed by atoms with Crippen molar-refractivity contribution in [3.05, 3.63) is 59.7 Å². The van der Waals surface area contributed by atoms with E-state index in [-0.39, 0.29) is 42.6 Å². The summed E-state index contributed by atoms with van der Waals surface area (Å²) in [5.41, 5.74) is 2.26. The molecule has 2 heterocycles. The molecular weight excluding hydrogens is 409 g/mol. The van der Waals surface area contributed by atoms with E-state index >= 15 is 0 Å². The Bertz CT molecular complexity index is 763. The number of benzene rings is 2. The summed E-state index contributed by atoms with van der Waals surface area (Å²) >= 11 is 0. The van der Waals surface area contributed by atoms with Crippen LogP contribution in [0.25, 0.3) is 0 Å². The molecule has 29 heavy (non-hydrogen) atoms. The van der Waals surface area contributed by atoms with Crippen LogP contribution in [-0.4, -0.2) is 42.6 Å². The van der Waals surface area contributed by atoms with Gasteiger partial charge in [0.1, 0.15) is 24.1 Å². The highest BCUT2D eigenvalue weighted by molar-refractivity contribution is 5.85. The molecule has 7 heteroatoms. The second kappa shape index (κ2) is 11.3. The standard InChI is InChI=1S/C22H27N3O2.2ClH/c26-19-8-4-17(5-9-19)21-22(24-16-23-21)18-6-10-20(11-7-18)27-15-14-25-12-2-1-3-13-25;;/h4-11,16,21-22,26H,1-3,12-15H2,(H,23,24);2*1H/t21-,22+;;/m0../s1. The maximum absolute atomic E-state index is 9.50. The number of nitrogens with zero attached hydrogens (tertiary/aromatic N) is 2. The molecule has 0 unspecified atom stereocenters. The highest BCUT2D eigenvalue weighted by Crippen LogP contribution is 2.35. The number of aliphatic imine (C=N–C) groups is 1. The monoisotopic (exact) mass is 437 g/mol. The number of piperidine rings is 1. The van der Waals surface area contributed by atoms with Crippen LogP contribution in [0.15, 0.2) is 53.5 Å². The Morgan fingerprint density at radius 2 is 1.59 bits per heavy atom. The van der Waals surface area contributed by atoms with Crippen molar-refractivity contribution < 1.29 is 9.84 Å². The predicted molar refractivity (Wildman–Crippen MR) is 122 cm³/mol. The van der Waals surface area contributed by atoms with Gasteiger partial charge in [-0.15, -0.1) is 24.8 Å². The van der Waals surface area contributed by atoms with Crippen LogP contribution in [0.1, 0.15) is 42.5 Å². The molecule has 5 nitrogen and oxygen atoms in total. The molecule has 0 spiro atoms. The van der Waals surface area contributed by atoms with Gasteiger partial charge in [-0.2, -0.15) is 0 Å². The molecule has 2 atom stereocenters. The molecular formula is C22H29Cl2N3O2. The largest absolute Gasteiger partial charge is 0.508 e. The first kappa shape index (κ1) is 23.3. The van der Waals surface area contributed by atoms with Crippen molar-refractivity contribution in [1.29, 1.82) is 0 Å². The number of phenolic OH excluding ortho intramolecular Hbond substituents is 1. The summed E-state index contributed by atoms with van der Waals surface area (Å²) in [5.74, 6) is 1.19. The van der Waals surface area contributed by atoms with E-state index in [2.05, 4.69) is 27.3 Å². The fourth-order valence-corrected chi connectivity index (χ4v) is 3.86.